The molecule has 0 unspecified atom stereocenters. The molecule has 2 fully saturated rings. The first kappa shape index (κ1) is 25.9. The molecule has 2 saturated heterocycles. The summed E-state index contributed by atoms with van der Waals surface area (Å²) < 4.78 is 23.5. The highest BCUT2D eigenvalue weighted by Crippen LogP contribution is 2.56. The number of ketones is 1. The summed E-state index contributed by atoms with van der Waals surface area (Å²) in [5.41, 5.74) is -1.04. The number of allylic oxidation sites excluding steroid dienone is 4. The standard InChI is InChI=1S/C30H34O6/c1-20-23(34-25(31)18-24(20)33-6)16-12-7-8-13-17-28(3)19-29(4)27(30(5,36-28)21(2)35-29)26(32)22-14-10-9-11-15-22/h7-18,21,27H,19H2,1-6H3/b8-7+,16-12+,17-13+/t21-,27+,28+,29+,30+/m1/s1. The minimum absolute atomic E-state index is 0.0560. The van der Waals surface area contributed by atoms with Crippen molar-refractivity contribution in [2.24, 2.45) is 5.92 Å². The number of rotatable bonds is 7. The molecule has 2 bridgehead atoms. The molecule has 0 amide bonds. The first-order chi connectivity index (χ1) is 17.0. The van der Waals surface area contributed by atoms with Crippen LogP contribution >= 0.6 is 0 Å². The first-order valence-corrected chi connectivity index (χ1v) is 12.2. The molecular weight excluding hydrogens is 456 g/mol. The van der Waals surface area contributed by atoms with E-state index in [1.807, 2.05) is 89.3 Å². The molecule has 2 aromatic rings. The second-order valence-corrected chi connectivity index (χ2v) is 10.2. The molecule has 36 heavy (non-hydrogen) atoms. The SMILES string of the molecule is COc1cc(=O)oc(/C=C/C=C/C=C/[C@@]2(C)C[C@]3(C)O[C@H](C)[C@](C)(O2)[C@H]3C(=O)c2ccccc2)c1C. The zero-order chi connectivity index (χ0) is 26.1. The number of carbonyl (C=O) groups is 1. The van der Waals surface area contributed by atoms with E-state index in [0.29, 0.717) is 23.5 Å². The number of fused-ring (bicyclic) bond motifs is 2. The summed E-state index contributed by atoms with van der Waals surface area (Å²) in [6.45, 7) is 9.86. The summed E-state index contributed by atoms with van der Waals surface area (Å²) in [5.74, 6) is 0.603. The van der Waals surface area contributed by atoms with Gasteiger partial charge in [0.05, 0.1) is 36.4 Å². The van der Waals surface area contributed by atoms with E-state index < -0.39 is 28.3 Å². The van der Waals surface area contributed by atoms with Crippen LogP contribution in [-0.2, 0) is 9.47 Å². The van der Waals surface area contributed by atoms with Crippen LogP contribution in [0.2, 0.25) is 0 Å². The van der Waals surface area contributed by atoms with Gasteiger partial charge in [0.25, 0.3) is 0 Å². The van der Waals surface area contributed by atoms with Gasteiger partial charge in [-0.1, -0.05) is 60.7 Å². The van der Waals surface area contributed by atoms with E-state index in [9.17, 15) is 9.59 Å². The van der Waals surface area contributed by atoms with Gasteiger partial charge in [0.15, 0.2) is 5.78 Å². The van der Waals surface area contributed by atoms with Crippen LogP contribution in [0.4, 0.5) is 0 Å². The Balaban J connectivity index is 1.50. The number of ether oxygens (including phenoxy) is 3. The Morgan fingerprint density at radius 2 is 1.78 bits per heavy atom. The first-order valence-electron chi connectivity index (χ1n) is 12.2. The molecule has 0 saturated carbocycles. The molecular formula is C30H34O6. The molecule has 190 valence electrons. The molecule has 6 nitrogen and oxygen atoms in total. The van der Waals surface area contributed by atoms with E-state index >= 15 is 0 Å². The lowest BCUT2D eigenvalue weighted by atomic mass is 9.67. The second-order valence-electron chi connectivity index (χ2n) is 10.2. The van der Waals surface area contributed by atoms with Crippen molar-refractivity contribution in [2.45, 2.75) is 63.9 Å². The van der Waals surface area contributed by atoms with E-state index in [4.69, 9.17) is 18.6 Å². The number of Topliss-reactive ketones (excluding diaryl/α,β-unsaturated/α-hetero) is 1. The van der Waals surface area contributed by atoms with Crippen molar-refractivity contribution in [2.75, 3.05) is 7.11 Å². The molecule has 2 aliphatic heterocycles. The van der Waals surface area contributed by atoms with Crippen molar-refractivity contribution in [3.05, 3.63) is 94.1 Å². The summed E-state index contributed by atoms with van der Waals surface area (Å²) >= 11 is 0. The highest BCUT2D eigenvalue weighted by atomic mass is 16.6. The van der Waals surface area contributed by atoms with Crippen molar-refractivity contribution in [1.29, 1.82) is 0 Å². The van der Waals surface area contributed by atoms with Gasteiger partial charge in [-0.15, -0.1) is 0 Å². The zero-order valence-electron chi connectivity index (χ0n) is 21.7. The number of methoxy groups -OCH3 is 1. The Labute approximate surface area is 212 Å². The van der Waals surface area contributed by atoms with Crippen LogP contribution in [0, 0.1) is 12.8 Å². The van der Waals surface area contributed by atoms with Crippen LogP contribution in [0.15, 0.2) is 76.0 Å². The average molecular weight is 491 g/mol. The van der Waals surface area contributed by atoms with E-state index in [2.05, 4.69) is 0 Å². The average Bonchev–Trinajstić information content (AvgIpc) is 2.96. The number of benzene rings is 1. The predicted molar refractivity (Wildman–Crippen MR) is 139 cm³/mol. The van der Waals surface area contributed by atoms with Gasteiger partial charge >= 0.3 is 5.63 Å². The summed E-state index contributed by atoms with van der Waals surface area (Å²) in [5, 5.41) is 0. The third-order valence-electron chi connectivity index (χ3n) is 7.36. The molecule has 1 aromatic carbocycles. The van der Waals surface area contributed by atoms with E-state index in [1.54, 1.807) is 12.2 Å². The lowest BCUT2D eigenvalue weighted by Crippen LogP contribution is -2.60. The zero-order valence-corrected chi connectivity index (χ0v) is 21.7. The third-order valence-corrected chi connectivity index (χ3v) is 7.36. The maximum Gasteiger partial charge on any atom is 0.339 e. The molecule has 2 aliphatic rings. The molecule has 6 heteroatoms. The van der Waals surface area contributed by atoms with Crippen LogP contribution < -0.4 is 10.4 Å². The topological polar surface area (TPSA) is 75.0 Å². The summed E-state index contributed by atoms with van der Waals surface area (Å²) in [7, 11) is 1.52. The number of carbonyl (C=O) groups excluding carboxylic acids is 1. The smallest absolute Gasteiger partial charge is 0.339 e. The molecule has 1 aromatic heterocycles. The van der Waals surface area contributed by atoms with Crippen molar-refractivity contribution in [3.8, 4) is 5.75 Å². The van der Waals surface area contributed by atoms with E-state index in [1.165, 1.54) is 13.2 Å². The Hall–Kier alpha value is -3.22. The molecule has 0 N–H and O–H groups in total. The van der Waals surface area contributed by atoms with Crippen molar-refractivity contribution >= 4 is 11.9 Å². The van der Waals surface area contributed by atoms with Gasteiger partial charge in [-0.25, -0.2) is 4.79 Å². The fourth-order valence-electron chi connectivity index (χ4n) is 5.80. The van der Waals surface area contributed by atoms with Gasteiger partial charge < -0.3 is 18.6 Å². The maximum atomic E-state index is 13.5. The molecule has 5 atom stereocenters. The molecule has 4 rings (SSSR count). The van der Waals surface area contributed by atoms with Crippen LogP contribution in [0.3, 0.4) is 0 Å². The normalized spacial score (nSPS) is 32.1. The van der Waals surface area contributed by atoms with Crippen LogP contribution in [0.1, 0.15) is 55.8 Å². The maximum absolute atomic E-state index is 13.5. The Kier molecular flexibility index (Phi) is 6.95. The lowest BCUT2D eigenvalue weighted by Gasteiger charge is -2.49. The summed E-state index contributed by atoms with van der Waals surface area (Å²) in [4.78, 5) is 25.2. The molecule has 0 radical (unpaired) electrons. The van der Waals surface area contributed by atoms with Crippen molar-refractivity contribution in [1.82, 2.24) is 0 Å². The largest absolute Gasteiger partial charge is 0.496 e. The van der Waals surface area contributed by atoms with Gasteiger partial charge in [0, 0.05) is 17.5 Å². The van der Waals surface area contributed by atoms with Crippen molar-refractivity contribution in [3.63, 3.8) is 0 Å². The second kappa shape index (κ2) is 9.68. The Morgan fingerprint density at radius 3 is 2.44 bits per heavy atom. The Bertz CT molecular complexity index is 1270. The molecule has 0 spiro atoms. The molecule has 0 aliphatic carbocycles. The van der Waals surface area contributed by atoms with Crippen LogP contribution in [0.25, 0.3) is 6.08 Å². The minimum atomic E-state index is -0.760. The Morgan fingerprint density at radius 1 is 1.08 bits per heavy atom. The quantitative estimate of drug-likeness (QED) is 0.366. The van der Waals surface area contributed by atoms with Crippen molar-refractivity contribution < 1.29 is 23.4 Å². The van der Waals surface area contributed by atoms with Gasteiger partial charge in [0.1, 0.15) is 17.1 Å². The third kappa shape index (κ3) is 4.75. The lowest BCUT2D eigenvalue weighted by molar-refractivity contribution is -0.170. The number of hydrogen-bond donors (Lipinski definition) is 0. The summed E-state index contributed by atoms with van der Waals surface area (Å²) in [6, 6.07) is 10.7. The predicted octanol–water partition coefficient (Wildman–Crippen LogP) is 5.70. The number of hydrogen-bond acceptors (Lipinski definition) is 6. The highest BCUT2D eigenvalue weighted by Gasteiger charge is 2.67. The molecule has 3 heterocycles. The highest BCUT2D eigenvalue weighted by molar-refractivity contribution is 5.99. The fraction of sp³-hybridized carbons (Fsp3) is 0.400. The van der Waals surface area contributed by atoms with Crippen LogP contribution in [-0.4, -0.2) is 35.8 Å². The van der Waals surface area contributed by atoms with Gasteiger partial charge in [0.2, 0.25) is 0 Å². The summed E-state index contributed by atoms with van der Waals surface area (Å²) in [6.07, 6.45) is 11.5. The van der Waals surface area contributed by atoms with Gasteiger partial charge in [-0.05, 0) is 40.7 Å². The fourth-order valence-corrected chi connectivity index (χ4v) is 5.80. The van der Waals surface area contributed by atoms with Gasteiger partial charge in [-0.2, -0.15) is 0 Å². The minimum Gasteiger partial charge on any atom is -0.496 e. The van der Waals surface area contributed by atoms with E-state index in [-0.39, 0.29) is 11.9 Å². The van der Waals surface area contributed by atoms with Crippen LogP contribution in [0.5, 0.6) is 5.75 Å². The van der Waals surface area contributed by atoms with E-state index in [0.717, 1.165) is 5.56 Å². The van der Waals surface area contributed by atoms with Gasteiger partial charge in [-0.3, -0.25) is 4.79 Å². The monoisotopic (exact) mass is 490 g/mol.